The van der Waals surface area contributed by atoms with Crippen molar-refractivity contribution in [1.29, 1.82) is 0 Å². The highest BCUT2D eigenvalue weighted by molar-refractivity contribution is 7.86. The molecule has 5 rings (SSSR count). The van der Waals surface area contributed by atoms with Gasteiger partial charge in [-0.15, -0.1) is 0 Å². The molecule has 0 aliphatic heterocycles. The minimum atomic E-state index is -3.85. The number of nitrogens with one attached hydrogen (secondary N) is 1. The van der Waals surface area contributed by atoms with Gasteiger partial charge in [-0.2, -0.15) is 8.42 Å². The highest BCUT2D eigenvalue weighted by Gasteiger charge is 2.23. The van der Waals surface area contributed by atoms with Gasteiger partial charge in [-0.05, 0) is 55.2 Å². The van der Waals surface area contributed by atoms with Crippen molar-refractivity contribution in [1.82, 2.24) is 9.38 Å². The van der Waals surface area contributed by atoms with Crippen LogP contribution < -0.4 is 9.50 Å². The van der Waals surface area contributed by atoms with E-state index >= 15 is 0 Å². The van der Waals surface area contributed by atoms with Gasteiger partial charge in [-0.1, -0.05) is 61.7 Å². The number of benzene rings is 2. The Balaban J connectivity index is 1.54. The summed E-state index contributed by atoms with van der Waals surface area (Å²) in [5.74, 6) is 0.961. The first kappa shape index (κ1) is 22.5. The quantitative estimate of drug-likeness (QED) is 0.334. The first-order chi connectivity index (χ1) is 16.5. The van der Waals surface area contributed by atoms with E-state index in [1.165, 1.54) is 19.3 Å². The molecule has 7 heteroatoms. The standard InChI is InChI=1S/C27H29N3O3S/c1-20-16-17-30-25(18-20)29-26(27(30)28-22-12-6-3-7-13-22)23-14-8-9-15-24(23)33-34(31,32)19-21-10-4-2-5-11-21/h2,4-5,8-11,14-18,22,28H,3,6-7,12-13,19H2,1H3. The van der Waals surface area contributed by atoms with E-state index in [0.29, 0.717) is 22.9 Å². The predicted octanol–water partition coefficient (Wildman–Crippen LogP) is 5.96. The topological polar surface area (TPSA) is 72.7 Å². The van der Waals surface area contributed by atoms with Gasteiger partial charge in [0.25, 0.3) is 0 Å². The predicted molar refractivity (Wildman–Crippen MR) is 136 cm³/mol. The normalized spacial score (nSPS) is 14.9. The molecule has 1 fully saturated rings. The van der Waals surface area contributed by atoms with Gasteiger partial charge in [0.15, 0.2) is 5.75 Å². The van der Waals surface area contributed by atoms with Crippen LogP contribution in [0.25, 0.3) is 16.9 Å². The smallest absolute Gasteiger partial charge is 0.313 e. The van der Waals surface area contributed by atoms with Crippen molar-refractivity contribution in [2.75, 3.05) is 5.32 Å². The third-order valence-electron chi connectivity index (χ3n) is 6.27. The van der Waals surface area contributed by atoms with Crippen LogP contribution in [0.1, 0.15) is 43.2 Å². The molecule has 1 saturated carbocycles. The van der Waals surface area contributed by atoms with Gasteiger partial charge >= 0.3 is 10.1 Å². The van der Waals surface area contributed by atoms with E-state index in [1.807, 2.05) is 53.9 Å². The fourth-order valence-corrected chi connectivity index (χ4v) is 5.67. The average molecular weight is 476 g/mol. The van der Waals surface area contributed by atoms with Crippen molar-refractivity contribution in [3.8, 4) is 17.0 Å². The summed E-state index contributed by atoms with van der Waals surface area (Å²) in [6, 6.07) is 20.7. The lowest BCUT2D eigenvalue weighted by Crippen LogP contribution is -2.23. The minimum absolute atomic E-state index is 0.195. The first-order valence-corrected chi connectivity index (χ1v) is 13.4. The molecule has 2 aromatic heterocycles. The Labute approximate surface area is 200 Å². The fourth-order valence-electron chi connectivity index (χ4n) is 4.59. The van der Waals surface area contributed by atoms with Crippen LogP contribution in [0.4, 0.5) is 5.82 Å². The van der Waals surface area contributed by atoms with Gasteiger partial charge in [0, 0.05) is 17.8 Å². The number of hydrogen-bond donors (Lipinski definition) is 1. The third kappa shape index (κ3) is 4.94. The molecule has 0 bridgehead atoms. The van der Waals surface area contributed by atoms with E-state index in [-0.39, 0.29) is 11.5 Å². The molecule has 0 saturated heterocycles. The first-order valence-electron chi connectivity index (χ1n) is 11.8. The summed E-state index contributed by atoms with van der Waals surface area (Å²) in [4.78, 5) is 4.91. The summed E-state index contributed by atoms with van der Waals surface area (Å²) < 4.78 is 33.5. The molecule has 1 N–H and O–H groups in total. The second-order valence-electron chi connectivity index (χ2n) is 8.99. The SMILES string of the molecule is Cc1ccn2c(NC3CCCCC3)c(-c3ccccc3OS(=O)(=O)Cc3ccccc3)nc2c1. The molecule has 1 aliphatic carbocycles. The molecule has 0 spiro atoms. The Bertz CT molecular complexity index is 1390. The second-order valence-corrected chi connectivity index (χ2v) is 10.6. The van der Waals surface area contributed by atoms with Crippen LogP contribution in [0.3, 0.4) is 0 Å². The van der Waals surface area contributed by atoms with Crippen molar-refractivity contribution in [3.05, 3.63) is 84.1 Å². The van der Waals surface area contributed by atoms with Crippen molar-refractivity contribution in [2.24, 2.45) is 0 Å². The number of nitrogens with zero attached hydrogens (tertiary/aromatic N) is 2. The molecule has 6 nitrogen and oxygen atoms in total. The van der Waals surface area contributed by atoms with E-state index in [4.69, 9.17) is 9.17 Å². The summed E-state index contributed by atoms with van der Waals surface area (Å²) in [5.41, 5.74) is 3.96. The molecule has 1 aliphatic rings. The molecular weight excluding hydrogens is 446 g/mol. The number of aromatic nitrogens is 2. The van der Waals surface area contributed by atoms with Crippen LogP contribution >= 0.6 is 0 Å². The lowest BCUT2D eigenvalue weighted by Gasteiger charge is -2.24. The van der Waals surface area contributed by atoms with E-state index < -0.39 is 10.1 Å². The molecule has 0 radical (unpaired) electrons. The maximum Gasteiger partial charge on any atom is 0.313 e. The number of pyridine rings is 1. The Morgan fingerprint density at radius 2 is 1.74 bits per heavy atom. The van der Waals surface area contributed by atoms with Crippen molar-refractivity contribution < 1.29 is 12.6 Å². The number of imidazole rings is 1. The van der Waals surface area contributed by atoms with Crippen LogP contribution in [0.2, 0.25) is 0 Å². The Morgan fingerprint density at radius 1 is 1.00 bits per heavy atom. The fraction of sp³-hybridized carbons (Fsp3) is 0.296. The van der Waals surface area contributed by atoms with E-state index in [2.05, 4.69) is 11.4 Å². The van der Waals surface area contributed by atoms with Gasteiger partial charge in [0.05, 0.1) is 0 Å². The third-order valence-corrected chi connectivity index (χ3v) is 7.39. The second kappa shape index (κ2) is 9.50. The van der Waals surface area contributed by atoms with Crippen LogP contribution in [0, 0.1) is 6.92 Å². The molecule has 176 valence electrons. The largest absolute Gasteiger partial charge is 0.381 e. The highest BCUT2D eigenvalue weighted by atomic mass is 32.2. The van der Waals surface area contributed by atoms with E-state index in [9.17, 15) is 8.42 Å². The highest BCUT2D eigenvalue weighted by Crippen LogP contribution is 2.37. The van der Waals surface area contributed by atoms with Crippen LogP contribution in [0.5, 0.6) is 5.75 Å². The van der Waals surface area contributed by atoms with Gasteiger partial charge in [0.2, 0.25) is 0 Å². The number of para-hydroxylation sites is 1. The van der Waals surface area contributed by atoms with Gasteiger partial charge < -0.3 is 9.50 Å². The Kier molecular flexibility index (Phi) is 6.28. The van der Waals surface area contributed by atoms with Crippen molar-refractivity contribution in [3.63, 3.8) is 0 Å². The Morgan fingerprint density at radius 3 is 2.53 bits per heavy atom. The van der Waals surface area contributed by atoms with Crippen LogP contribution in [-0.4, -0.2) is 23.8 Å². The maximum absolute atomic E-state index is 12.9. The summed E-state index contributed by atoms with van der Waals surface area (Å²) in [7, 11) is -3.85. The molecule has 0 amide bonds. The monoisotopic (exact) mass is 475 g/mol. The zero-order chi connectivity index (χ0) is 23.5. The summed E-state index contributed by atoms with van der Waals surface area (Å²) >= 11 is 0. The molecule has 0 atom stereocenters. The lowest BCUT2D eigenvalue weighted by atomic mass is 9.95. The summed E-state index contributed by atoms with van der Waals surface area (Å²) in [5, 5.41) is 3.72. The molecule has 34 heavy (non-hydrogen) atoms. The minimum Gasteiger partial charge on any atom is -0.381 e. The van der Waals surface area contributed by atoms with Gasteiger partial charge in [-0.25, -0.2) is 4.98 Å². The van der Waals surface area contributed by atoms with Gasteiger partial charge in [-0.3, -0.25) is 4.40 Å². The van der Waals surface area contributed by atoms with Gasteiger partial charge in [0.1, 0.15) is 22.9 Å². The molecule has 2 aromatic carbocycles. The zero-order valence-electron chi connectivity index (χ0n) is 19.3. The van der Waals surface area contributed by atoms with Crippen LogP contribution in [0.15, 0.2) is 72.9 Å². The average Bonchev–Trinajstić information content (AvgIpc) is 3.17. The summed E-state index contributed by atoms with van der Waals surface area (Å²) in [6.45, 7) is 2.04. The number of hydrogen-bond acceptors (Lipinski definition) is 5. The molecule has 4 aromatic rings. The Hall–Kier alpha value is -3.32. The number of anilines is 1. The van der Waals surface area contributed by atoms with E-state index in [0.717, 1.165) is 29.9 Å². The summed E-state index contributed by atoms with van der Waals surface area (Å²) in [6.07, 6.45) is 7.93. The number of rotatable bonds is 7. The molecule has 0 unspecified atom stereocenters. The zero-order valence-corrected chi connectivity index (χ0v) is 20.1. The van der Waals surface area contributed by atoms with Crippen molar-refractivity contribution >= 4 is 21.6 Å². The number of aryl methyl sites for hydroxylation is 1. The number of fused-ring (bicyclic) bond motifs is 1. The molecular formula is C27H29N3O3S. The van der Waals surface area contributed by atoms with Crippen molar-refractivity contribution in [2.45, 2.75) is 50.8 Å². The maximum atomic E-state index is 12.9. The van der Waals surface area contributed by atoms with Crippen LogP contribution in [-0.2, 0) is 15.9 Å². The van der Waals surface area contributed by atoms with E-state index in [1.54, 1.807) is 24.3 Å². The lowest BCUT2D eigenvalue weighted by molar-refractivity contribution is 0.461. The molecule has 2 heterocycles.